The molecule has 98 valence electrons. The maximum atomic E-state index is 10.8. The first kappa shape index (κ1) is 14.2. The van der Waals surface area contributed by atoms with Gasteiger partial charge in [-0.2, -0.15) is 0 Å². The van der Waals surface area contributed by atoms with Gasteiger partial charge in [-0.15, -0.1) is 0 Å². The van der Waals surface area contributed by atoms with E-state index in [1.165, 1.54) is 38.2 Å². The highest BCUT2D eigenvalue weighted by Gasteiger charge is 2.12. The Hall–Kier alpha value is -0.830. The molecule has 0 aromatic heterocycles. The fourth-order valence-corrected chi connectivity index (χ4v) is 2.22. The fraction of sp³-hybridized carbons (Fsp3) is 0.786. The van der Waals surface area contributed by atoms with Crippen molar-refractivity contribution in [2.24, 2.45) is 5.92 Å². The molecule has 3 nitrogen and oxygen atoms in total. The topological polar surface area (TPSA) is 38.3 Å². The van der Waals surface area contributed by atoms with Crippen LogP contribution < -0.4 is 5.32 Å². The summed E-state index contributed by atoms with van der Waals surface area (Å²) in [5, 5.41) is 2.76. The van der Waals surface area contributed by atoms with Gasteiger partial charge in [-0.25, -0.2) is 0 Å². The van der Waals surface area contributed by atoms with Crippen molar-refractivity contribution in [2.45, 2.75) is 44.9 Å². The highest BCUT2D eigenvalue weighted by Crippen LogP contribution is 2.23. The molecule has 0 aliphatic heterocycles. The first-order chi connectivity index (χ1) is 8.33. The summed E-state index contributed by atoms with van der Waals surface area (Å²) in [6.45, 7) is 5.87. The van der Waals surface area contributed by atoms with Crippen molar-refractivity contribution >= 4 is 5.91 Å². The van der Waals surface area contributed by atoms with Crippen LogP contribution in [0, 0.1) is 5.92 Å². The zero-order chi connectivity index (χ0) is 12.3. The molecule has 17 heavy (non-hydrogen) atoms. The Bertz CT molecular complexity index is 222. The van der Waals surface area contributed by atoms with Crippen LogP contribution in [0.4, 0.5) is 0 Å². The van der Waals surface area contributed by atoms with Gasteiger partial charge in [0.1, 0.15) is 0 Å². The summed E-state index contributed by atoms with van der Waals surface area (Å²) < 4.78 is 5.67. The normalized spacial score (nSPS) is 16.7. The number of hydrogen-bond acceptors (Lipinski definition) is 2. The van der Waals surface area contributed by atoms with E-state index in [2.05, 4.69) is 11.9 Å². The number of hydrogen-bond donors (Lipinski definition) is 1. The van der Waals surface area contributed by atoms with Gasteiger partial charge in [-0.1, -0.05) is 25.8 Å². The van der Waals surface area contributed by atoms with E-state index in [-0.39, 0.29) is 5.91 Å². The van der Waals surface area contributed by atoms with Gasteiger partial charge < -0.3 is 10.1 Å². The molecule has 1 aliphatic carbocycles. The monoisotopic (exact) mass is 239 g/mol. The molecule has 0 aromatic carbocycles. The van der Waals surface area contributed by atoms with Crippen molar-refractivity contribution in [2.75, 3.05) is 19.8 Å². The van der Waals surface area contributed by atoms with Crippen molar-refractivity contribution in [3.8, 4) is 0 Å². The van der Waals surface area contributed by atoms with Crippen molar-refractivity contribution in [3.05, 3.63) is 12.7 Å². The number of carbonyl (C=O) groups is 1. The zero-order valence-electron chi connectivity index (χ0n) is 10.7. The molecule has 1 aliphatic rings. The fourth-order valence-electron chi connectivity index (χ4n) is 2.22. The summed E-state index contributed by atoms with van der Waals surface area (Å²) in [4.78, 5) is 10.8. The van der Waals surface area contributed by atoms with E-state index in [1.807, 2.05) is 0 Å². The molecule has 0 aromatic rings. The zero-order valence-corrected chi connectivity index (χ0v) is 10.7. The van der Waals surface area contributed by atoms with Crippen LogP contribution in [-0.2, 0) is 9.53 Å². The van der Waals surface area contributed by atoms with Crippen LogP contribution in [0.25, 0.3) is 0 Å². The molecular weight excluding hydrogens is 214 g/mol. The molecule has 0 saturated heterocycles. The smallest absolute Gasteiger partial charge is 0.243 e. The van der Waals surface area contributed by atoms with Crippen LogP contribution in [0.2, 0.25) is 0 Å². The average molecular weight is 239 g/mol. The maximum absolute atomic E-state index is 10.8. The Morgan fingerprint density at radius 3 is 2.76 bits per heavy atom. The van der Waals surface area contributed by atoms with Gasteiger partial charge in [0.25, 0.3) is 0 Å². The molecule has 0 spiro atoms. The molecule has 0 heterocycles. The second-order valence-electron chi connectivity index (χ2n) is 4.78. The minimum absolute atomic E-state index is 0.0897. The van der Waals surface area contributed by atoms with Gasteiger partial charge in [0.2, 0.25) is 5.91 Å². The summed E-state index contributed by atoms with van der Waals surface area (Å²) in [6.07, 6.45) is 10.1. The molecule has 1 rings (SSSR count). The van der Waals surface area contributed by atoms with Gasteiger partial charge in [-0.05, 0) is 37.7 Å². The molecule has 3 heteroatoms. The summed E-state index contributed by atoms with van der Waals surface area (Å²) in [5.41, 5.74) is 0. The van der Waals surface area contributed by atoms with Crippen molar-refractivity contribution in [1.29, 1.82) is 0 Å². The third kappa shape index (κ3) is 7.16. The minimum Gasteiger partial charge on any atom is -0.381 e. The Labute approximate surface area is 105 Å². The van der Waals surface area contributed by atoms with E-state index in [0.29, 0.717) is 0 Å². The van der Waals surface area contributed by atoms with E-state index in [0.717, 1.165) is 38.5 Å². The Balaban J connectivity index is 1.83. The lowest BCUT2D eigenvalue weighted by Crippen LogP contribution is -2.22. The predicted octanol–water partition coefficient (Wildman–Crippen LogP) is 2.67. The summed E-state index contributed by atoms with van der Waals surface area (Å²) in [7, 11) is 0. The van der Waals surface area contributed by atoms with E-state index < -0.39 is 0 Å². The second kappa shape index (κ2) is 9.23. The molecular formula is C14H25NO2. The molecule has 0 bridgehead atoms. The number of nitrogens with one attached hydrogen (secondary N) is 1. The van der Waals surface area contributed by atoms with Crippen molar-refractivity contribution < 1.29 is 9.53 Å². The third-order valence-corrected chi connectivity index (χ3v) is 3.28. The van der Waals surface area contributed by atoms with E-state index in [1.54, 1.807) is 0 Å². The number of unbranched alkanes of at least 4 members (excludes halogenated alkanes) is 1. The van der Waals surface area contributed by atoms with Crippen LogP contribution in [0.15, 0.2) is 12.7 Å². The number of carbonyl (C=O) groups excluding carboxylic acids is 1. The van der Waals surface area contributed by atoms with E-state index >= 15 is 0 Å². The maximum Gasteiger partial charge on any atom is 0.243 e. The lowest BCUT2D eigenvalue weighted by Gasteiger charge is -2.21. The Kier molecular flexibility index (Phi) is 7.72. The van der Waals surface area contributed by atoms with Crippen LogP contribution in [0.1, 0.15) is 44.9 Å². The molecule has 1 saturated carbocycles. The first-order valence-electron chi connectivity index (χ1n) is 6.81. The minimum atomic E-state index is -0.0897. The molecule has 0 unspecified atom stereocenters. The van der Waals surface area contributed by atoms with E-state index in [9.17, 15) is 4.79 Å². The van der Waals surface area contributed by atoms with Crippen LogP contribution in [0.5, 0.6) is 0 Å². The van der Waals surface area contributed by atoms with E-state index in [4.69, 9.17) is 4.74 Å². The standard InChI is InChI=1S/C14H25NO2/c1-2-14(16)15-10-6-7-11-17-12-13-8-4-3-5-9-13/h2,13H,1,3-12H2,(H,15,16). The van der Waals surface area contributed by atoms with Crippen molar-refractivity contribution in [3.63, 3.8) is 0 Å². The molecule has 0 radical (unpaired) electrons. The number of rotatable bonds is 8. The average Bonchev–Trinajstić information content (AvgIpc) is 2.38. The number of amides is 1. The Morgan fingerprint density at radius 1 is 1.29 bits per heavy atom. The first-order valence-corrected chi connectivity index (χ1v) is 6.81. The second-order valence-corrected chi connectivity index (χ2v) is 4.78. The van der Waals surface area contributed by atoms with Crippen molar-refractivity contribution in [1.82, 2.24) is 5.32 Å². The van der Waals surface area contributed by atoms with Gasteiger partial charge in [0.05, 0.1) is 0 Å². The van der Waals surface area contributed by atoms with Crippen LogP contribution >= 0.6 is 0 Å². The number of ether oxygens (including phenoxy) is 1. The van der Waals surface area contributed by atoms with Gasteiger partial charge in [0, 0.05) is 19.8 Å². The van der Waals surface area contributed by atoms with Gasteiger partial charge in [-0.3, -0.25) is 4.79 Å². The quantitative estimate of drug-likeness (QED) is 0.522. The van der Waals surface area contributed by atoms with Gasteiger partial charge >= 0.3 is 0 Å². The third-order valence-electron chi connectivity index (χ3n) is 3.28. The molecule has 1 amide bonds. The molecule has 1 fully saturated rings. The Morgan fingerprint density at radius 2 is 2.06 bits per heavy atom. The molecule has 0 atom stereocenters. The largest absolute Gasteiger partial charge is 0.381 e. The van der Waals surface area contributed by atoms with Crippen LogP contribution in [0.3, 0.4) is 0 Å². The highest BCUT2D eigenvalue weighted by molar-refractivity contribution is 5.86. The summed E-state index contributed by atoms with van der Waals surface area (Å²) in [5.74, 6) is 0.706. The van der Waals surface area contributed by atoms with Crippen LogP contribution in [-0.4, -0.2) is 25.7 Å². The lowest BCUT2D eigenvalue weighted by molar-refractivity contribution is -0.116. The van der Waals surface area contributed by atoms with Gasteiger partial charge in [0.15, 0.2) is 0 Å². The summed E-state index contributed by atoms with van der Waals surface area (Å²) in [6, 6.07) is 0. The highest BCUT2D eigenvalue weighted by atomic mass is 16.5. The lowest BCUT2D eigenvalue weighted by atomic mass is 9.90. The molecule has 1 N–H and O–H groups in total. The summed E-state index contributed by atoms with van der Waals surface area (Å²) >= 11 is 0. The predicted molar refractivity (Wildman–Crippen MR) is 69.8 cm³/mol. The SMILES string of the molecule is C=CC(=O)NCCCCOCC1CCCCC1.